The van der Waals surface area contributed by atoms with Crippen LogP contribution in [-0.4, -0.2) is 54.9 Å². The second-order valence-corrected chi connectivity index (χ2v) is 9.66. The molecule has 13 heteroatoms. The van der Waals surface area contributed by atoms with E-state index in [4.69, 9.17) is 11.6 Å². The van der Waals surface area contributed by atoms with Crippen LogP contribution in [0.4, 0.5) is 20.4 Å². The maximum atomic E-state index is 14.9. The molecule has 0 unspecified atom stereocenters. The summed E-state index contributed by atoms with van der Waals surface area (Å²) in [5, 5.41) is 25.3. The van der Waals surface area contributed by atoms with E-state index < -0.39 is 48.0 Å². The van der Waals surface area contributed by atoms with Crippen molar-refractivity contribution in [2.24, 2.45) is 0 Å². The number of hydrogen-bond acceptors (Lipinski definition) is 8. The smallest absolute Gasteiger partial charge is 0.257 e. The lowest BCUT2D eigenvalue weighted by atomic mass is 10.0. The number of anilines is 2. The highest BCUT2D eigenvalue weighted by Gasteiger charge is 2.21. The topological polar surface area (TPSA) is 142 Å². The Kier molecular flexibility index (Phi) is 8.20. The van der Waals surface area contributed by atoms with Gasteiger partial charge in [0.05, 0.1) is 30.5 Å². The molecular formula is C29H23ClF2N6O4. The van der Waals surface area contributed by atoms with E-state index in [1.54, 1.807) is 25.1 Å². The number of rotatable bonds is 8. The fraction of sp³-hybridized carbons (Fsp3) is 0.138. The number of aryl methyl sites for hydroxylation is 1. The molecule has 0 fully saturated rings. The number of pyridine rings is 2. The van der Waals surface area contributed by atoms with Crippen LogP contribution >= 0.6 is 11.6 Å². The van der Waals surface area contributed by atoms with Gasteiger partial charge in [-0.15, -0.1) is 0 Å². The van der Waals surface area contributed by atoms with Gasteiger partial charge in [0.1, 0.15) is 22.5 Å². The Hall–Kier alpha value is -4.78. The summed E-state index contributed by atoms with van der Waals surface area (Å²) in [6.07, 6.45) is 1.34. The van der Waals surface area contributed by atoms with Gasteiger partial charge in [-0.3, -0.25) is 14.2 Å². The van der Waals surface area contributed by atoms with Crippen molar-refractivity contribution in [3.05, 3.63) is 105 Å². The molecule has 0 saturated heterocycles. The number of fused-ring (bicyclic) bond motifs is 1. The van der Waals surface area contributed by atoms with Gasteiger partial charge in [-0.2, -0.15) is 4.98 Å². The summed E-state index contributed by atoms with van der Waals surface area (Å²) in [6.45, 7) is 0.843. The van der Waals surface area contributed by atoms with Crippen LogP contribution < -0.4 is 16.2 Å². The third-order valence-electron chi connectivity index (χ3n) is 6.43. The number of nitrogens with one attached hydrogen (secondary N) is 2. The summed E-state index contributed by atoms with van der Waals surface area (Å²) >= 11 is 5.82. The molecule has 0 aliphatic heterocycles. The zero-order valence-corrected chi connectivity index (χ0v) is 22.7. The molecule has 0 radical (unpaired) electrons. The normalized spacial score (nSPS) is 11.2. The predicted octanol–water partition coefficient (Wildman–Crippen LogP) is 4.10. The van der Waals surface area contributed by atoms with Crippen LogP contribution in [0.15, 0.2) is 71.7 Å². The molecule has 10 nitrogen and oxygen atoms in total. The van der Waals surface area contributed by atoms with E-state index >= 15 is 0 Å². The van der Waals surface area contributed by atoms with Crippen LogP contribution in [0.2, 0.25) is 5.15 Å². The van der Waals surface area contributed by atoms with Crippen LogP contribution in [0.25, 0.3) is 28.0 Å². The first-order chi connectivity index (χ1) is 20.2. The van der Waals surface area contributed by atoms with Crippen LogP contribution in [0, 0.1) is 18.6 Å². The highest BCUT2D eigenvalue weighted by atomic mass is 35.5. The van der Waals surface area contributed by atoms with Gasteiger partial charge in [-0.25, -0.2) is 18.7 Å². The van der Waals surface area contributed by atoms with Crippen molar-refractivity contribution in [2.45, 2.75) is 13.0 Å². The van der Waals surface area contributed by atoms with Crippen molar-refractivity contribution >= 4 is 40.2 Å². The first-order valence-electron chi connectivity index (χ1n) is 12.6. The SMILES string of the molecule is Cc1ccc(NC(=O)c2ccc(Cl)nc2)cc1-c1nc(NC(CO)CO)nc2c1ccc(=O)n2-c1c(F)cccc1F. The predicted molar refractivity (Wildman–Crippen MR) is 154 cm³/mol. The largest absolute Gasteiger partial charge is 0.394 e. The Balaban J connectivity index is 1.72. The molecule has 5 rings (SSSR count). The summed E-state index contributed by atoms with van der Waals surface area (Å²) < 4.78 is 30.6. The molecule has 42 heavy (non-hydrogen) atoms. The summed E-state index contributed by atoms with van der Waals surface area (Å²) in [6, 6.07) is 13.0. The fourth-order valence-electron chi connectivity index (χ4n) is 4.30. The van der Waals surface area contributed by atoms with Gasteiger partial charge in [0.15, 0.2) is 5.65 Å². The standard InChI is InChI=1S/C29H23ClF2N6O4/c1-15-5-7-17(34-28(42)16-6-9-23(30)33-12-16)11-20(15)25-19-8-10-24(41)38(26-21(31)3-2-4-22(26)32)27(19)37-29(36-25)35-18(13-39)14-40/h2-12,18,39-40H,13-14H2,1H3,(H,34,42)(H,35,36,37). The number of amides is 1. The van der Waals surface area contributed by atoms with E-state index in [0.717, 1.165) is 22.8 Å². The lowest BCUT2D eigenvalue weighted by Crippen LogP contribution is -2.29. The number of carbonyl (C=O) groups excluding carboxylic acids is 1. The number of para-hydroxylation sites is 1. The molecular weight excluding hydrogens is 570 g/mol. The van der Waals surface area contributed by atoms with Crippen molar-refractivity contribution in [3.8, 4) is 16.9 Å². The van der Waals surface area contributed by atoms with E-state index in [0.29, 0.717) is 16.8 Å². The van der Waals surface area contributed by atoms with Gasteiger partial charge in [0, 0.05) is 28.9 Å². The molecule has 0 saturated carbocycles. The Morgan fingerprint density at radius 3 is 2.43 bits per heavy atom. The van der Waals surface area contributed by atoms with E-state index in [9.17, 15) is 28.6 Å². The molecule has 3 heterocycles. The van der Waals surface area contributed by atoms with Crippen molar-refractivity contribution < 1.29 is 23.8 Å². The average Bonchev–Trinajstić information content (AvgIpc) is 2.97. The minimum Gasteiger partial charge on any atom is -0.394 e. The number of carbonyl (C=O) groups is 1. The summed E-state index contributed by atoms with van der Waals surface area (Å²) in [4.78, 5) is 38.7. The lowest BCUT2D eigenvalue weighted by molar-refractivity contribution is 0.102. The average molecular weight is 593 g/mol. The lowest BCUT2D eigenvalue weighted by Gasteiger charge is -2.18. The molecule has 5 aromatic rings. The first kappa shape index (κ1) is 28.7. The number of halogens is 3. The minimum absolute atomic E-state index is 0.122. The van der Waals surface area contributed by atoms with Crippen LogP contribution in [-0.2, 0) is 0 Å². The molecule has 3 aromatic heterocycles. The van der Waals surface area contributed by atoms with Gasteiger partial charge in [-0.1, -0.05) is 23.7 Å². The third-order valence-corrected chi connectivity index (χ3v) is 6.65. The maximum absolute atomic E-state index is 14.9. The maximum Gasteiger partial charge on any atom is 0.257 e. The van der Waals surface area contributed by atoms with Crippen LogP contribution in [0.3, 0.4) is 0 Å². The molecule has 214 valence electrons. The second kappa shape index (κ2) is 12.0. The molecule has 4 N–H and O–H groups in total. The number of aliphatic hydroxyl groups is 2. The van der Waals surface area contributed by atoms with Crippen LogP contribution in [0.1, 0.15) is 15.9 Å². The van der Waals surface area contributed by atoms with Gasteiger partial charge >= 0.3 is 0 Å². The Bertz CT molecular complexity index is 1840. The zero-order chi connectivity index (χ0) is 30.0. The van der Waals surface area contributed by atoms with Crippen molar-refractivity contribution in [3.63, 3.8) is 0 Å². The van der Waals surface area contributed by atoms with Gasteiger partial charge < -0.3 is 20.8 Å². The zero-order valence-electron chi connectivity index (χ0n) is 22.0. The number of benzene rings is 2. The summed E-state index contributed by atoms with van der Waals surface area (Å²) in [5.74, 6) is -2.54. The summed E-state index contributed by atoms with van der Waals surface area (Å²) in [7, 11) is 0. The van der Waals surface area contributed by atoms with Crippen molar-refractivity contribution in [1.82, 2.24) is 19.5 Å². The molecule has 1 amide bonds. The quantitative estimate of drug-likeness (QED) is 0.197. The van der Waals surface area contributed by atoms with E-state index in [-0.39, 0.29) is 33.4 Å². The minimum atomic E-state index is -0.986. The first-order valence-corrected chi connectivity index (χ1v) is 13.0. The summed E-state index contributed by atoms with van der Waals surface area (Å²) in [5.41, 5.74) is 0.628. The molecule has 0 aliphatic carbocycles. The molecule has 0 spiro atoms. The van der Waals surface area contributed by atoms with Crippen molar-refractivity contribution in [1.29, 1.82) is 0 Å². The number of aliphatic hydroxyl groups excluding tert-OH is 2. The molecule has 0 atom stereocenters. The molecule has 2 aromatic carbocycles. The Morgan fingerprint density at radius 2 is 1.76 bits per heavy atom. The highest BCUT2D eigenvalue weighted by Crippen LogP contribution is 2.33. The second-order valence-electron chi connectivity index (χ2n) is 9.27. The number of aromatic nitrogens is 4. The third kappa shape index (κ3) is 5.68. The van der Waals surface area contributed by atoms with E-state index in [2.05, 4.69) is 25.6 Å². The highest BCUT2D eigenvalue weighted by molar-refractivity contribution is 6.29. The van der Waals surface area contributed by atoms with Crippen LogP contribution in [0.5, 0.6) is 0 Å². The number of hydrogen-bond donors (Lipinski definition) is 4. The molecule has 0 bridgehead atoms. The van der Waals surface area contributed by atoms with Gasteiger partial charge in [-0.05, 0) is 55.0 Å². The molecule has 0 aliphatic rings. The van der Waals surface area contributed by atoms with E-state index in [1.165, 1.54) is 30.5 Å². The number of nitrogens with zero attached hydrogens (tertiary/aromatic N) is 4. The Morgan fingerprint density at radius 1 is 1.02 bits per heavy atom. The Labute approximate surface area is 242 Å². The van der Waals surface area contributed by atoms with Crippen molar-refractivity contribution in [2.75, 3.05) is 23.8 Å². The van der Waals surface area contributed by atoms with E-state index in [1.807, 2.05) is 0 Å². The fourth-order valence-corrected chi connectivity index (χ4v) is 4.42. The monoisotopic (exact) mass is 592 g/mol. The van der Waals surface area contributed by atoms with Gasteiger partial charge in [0.2, 0.25) is 5.95 Å². The van der Waals surface area contributed by atoms with Gasteiger partial charge in [0.25, 0.3) is 11.5 Å².